The van der Waals surface area contributed by atoms with Crippen LogP contribution in [0.1, 0.15) is 30.0 Å². The largest absolute Gasteiger partial charge is 0.299 e. The van der Waals surface area contributed by atoms with Gasteiger partial charge in [-0.3, -0.25) is 5.32 Å². The molecule has 1 unspecified atom stereocenters. The average molecular weight is 203 g/mol. The molecule has 0 bridgehead atoms. The molecular weight excluding hydrogens is 189 g/mol. The Morgan fingerprint density at radius 3 is 3.20 bits per heavy atom. The van der Waals surface area contributed by atoms with Crippen molar-refractivity contribution in [1.29, 1.82) is 0 Å². The van der Waals surface area contributed by atoms with E-state index in [1.807, 2.05) is 6.07 Å². The van der Waals surface area contributed by atoms with Gasteiger partial charge in [0.15, 0.2) is 0 Å². The SMILES string of the molecule is C#CCNC1CCCc2cc(F)ccc21. The molecule has 1 aliphatic carbocycles. The summed E-state index contributed by atoms with van der Waals surface area (Å²) in [6, 6.07) is 5.33. The Labute approximate surface area is 89.7 Å². The molecule has 0 aromatic heterocycles. The van der Waals surface area contributed by atoms with Gasteiger partial charge in [0, 0.05) is 6.04 Å². The van der Waals surface area contributed by atoms with Crippen molar-refractivity contribution in [2.45, 2.75) is 25.3 Å². The highest BCUT2D eigenvalue weighted by atomic mass is 19.1. The van der Waals surface area contributed by atoms with Gasteiger partial charge in [0.25, 0.3) is 0 Å². The third-order valence-electron chi connectivity index (χ3n) is 2.87. The molecule has 0 heterocycles. The van der Waals surface area contributed by atoms with Crippen molar-refractivity contribution in [3.8, 4) is 12.3 Å². The van der Waals surface area contributed by atoms with Crippen LogP contribution in [-0.4, -0.2) is 6.54 Å². The van der Waals surface area contributed by atoms with Gasteiger partial charge in [-0.1, -0.05) is 12.0 Å². The zero-order valence-electron chi connectivity index (χ0n) is 8.59. The van der Waals surface area contributed by atoms with Gasteiger partial charge in [0.05, 0.1) is 6.54 Å². The monoisotopic (exact) mass is 203 g/mol. The molecule has 2 rings (SSSR count). The molecule has 0 saturated heterocycles. The zero-order chi connectivity index (χ0) is 10.7. The van der Waals surface area contributed by atoms with Crippen LogP contribution in [0, 0.1) is 18.2 Å². The van der Waals surface area contributed by atoms with Crippen molar-refractivity contribution < 1.29 is 4.39 Å². The summed E-state index contributed by atoms with van der Waals surface area (Å²) in [6.07, 6.45) is 8.37. The fraction of sp³-hybridized carbons (Fsp3) is 0.385. The van der Waals surface area contributed by atoms with Crippen molar-refractivity contribution in [3.05, 3.63) is 35.1 Å². The molecule has 0 saturated carbocycles. The second-order valence-corrected chi connectivity index (χ2v) is 3.87. The molecule has 0 amide bonds. The van der Waals surface area contributed by atoms with Crippen LogP contribution < -0.4 is 5.32 Å². The molecule has 1 aromatic rings. The van der Waals surface area contributed by atoms with E-state index in [1.54, 1.807) is 6.07 Å². The third-order valence-corrected chi connectivity index (χ3v) is 2.87. The van der Waals surface area contributed by atoms with Crippen LogP contribution in [0.2, 0.25) is 0 Å². The predicted molar refractivity (Wildman–Crippen MR) is 58.9 cm³/mol. The second kappa shape index (κ2) is 4.46. The van der Waals surface area contributed by atoms with E-state index in [0.717, 1.165) is 24.8 Å². The van der Waals surface area contributed by atoms with E-state index in [1.165, 1.54) is 11.6 Å². The molecule has 15 heavy (non-hydrogen) atoms. The van der Waals surface area contributed by atoms with Crippen LogP contribution in [-0.2, 0) is 6.42 Å². The van der Waals surface area contributed by atoms with Gasteiger partial charge in [-0.05, 0) is 42.5 Å². The molecule has 2 heteroatoms. The van der Waals surface area contributed by atoms with E-state index in [9.17, 15) is 4.39 Å². The molecule has 0 spiro atoms. The van der Waals surface area contributed by atoms with Crippen LogP contribution in [0.5, 0.6) is 0 Å². The minimum Gasteiger partial charge on any atom is -0.299 e. The van der Waals surface area contributed by atoms with E-state index in [2.05, 4.69) is 11.2 Å². The van der Waals surface area contributed by atoms with Crippen molar-refractivity contribution >= 4 is 0 Å². The number of hydrogen-bond donors (Lipinski definition) is 1. The van der Waals surface area contributed by atoms with Gasteiger partial charge in [-0.2, -0.15) is 0 Å². The minimum absolute atomic E-state index is 0.147. The Morgan fingerprint density at radius 1 is 1.53 bits per heavy atom. The van der Waals surface area contributed by atoms with E-state index < -0.39 is 0 Å². The van der Waals surface area contributed by atoms with Crippen LogP contribution in [0.3, 0.4) is 0 Å². The second-order valence-electron chi connectivity index (χ2n) is 3.87. The standard InChI is InChI=1S/C13H14FN/c1-2-8-15-13-5-3-4-10-9-11(14)6-7-12(10)13/h1,6-7,9,13,15H,3-5,8H2. The van der Waals surface area contributed by atoms with Crippen LogP contribution in [0.15, 0.2) is 18.2 Å². The third kappa shape index (κ3) is 2.19. The zero-order valence-corrected chi connectivity index (χ0v) is 8.59. The fourth-order valence-corrected chi connectivity index (χ4v) is 2.18. The number of hydrogen-bond acceptors (Lipinski definition) is 1. The van der Waals surface area contributed by atoms with Gasteiger partial charge in [0.1, 0.15) is 5.82 Å². The van der Waals surface area contributed by atoms with Gasteiger partial charge >= 0.3 is 0 Å². The number of aryl methyl sites for hydroxylation is 1. The molecule has 0 aliphatic heterocycles. The normalized spacial score (nSPS) is 19.3. The Kier molecular flexibility index (Phi) is 3.03. The Hall–Kier alpha value is -1.33. The van der Waals surface area contributed by atoms with Gasteiger partial charge < -0.3 is 0 Å². The van der Waals surface area contributed by atoms with E-state index in [0.29, 0.717) is 12.6 Å². The first-order valence-electron chi connectivity index (χ1n) is 5.26. The van der Waals surface area contributed by atoms with Crippen molar-refractivity contribution in [1.82, 2.24) is 5.32 Å². The first-order valence-corrected chi connectivity index (χ1v) is 5.26. The summed E-state index contributed by atoms with van der Waals surface area (Å²) in [5.74, 6) is 2.43. The van der Waals surface area contributed by atoms with Gasteiger partial charge in [-0.15, -0.1) is 6.42 Å². The maximum Gasteiger partial charge on any atom is 0.123 e. The molecule has 78 valence electrons. The van der Waals surface area contributed by atoms with Crippen molar-refractivity contribution in [2.75, 3.05) is 6.54 Å². The fourth-order valence-electron chi connectivity index (χ4n) is 2.18. The number of fused-ring (bicyclic) bond motifs is 1. The maximum atomic E-state index is 13.0. The predicted octanol–water partition coefficient (Wildman–Crippen LogP) is 2.43. The Morgan fingerprint density at radius 2 is 2.40 bits per heavy atom. The number of terminal acetylenes is 1. The molecule has 1 atom stereocenters. The summed E-state index contributed by atoms with van der Waals surface area (Å²) in [6.45, 7) is 0.571. The molecule has 0 radical (unpaired) electrons. The highest BCUT2D eigenvalue weighted by Crippen LogP contribution is 2.29. The highest BCUT2D eigenvalue weighted by Gasteiger charge is 2.19. The highest BCUT2D eigenvalue weighted by molar-refractivity contribution is 5.32. The van der Waals surface area contributed by atoms with Gasteiger partial charge in [-0.25, -0.2) is 4.39 Å². The summed E-state index contributed by atoms with van der Waals surface area (Å²) >= 11 is 0. The van der Waals surface area contributed by atoms with E-state index in [-0.39, 0.29) is 5.82 Å². The van der Waals surface area contributed by atoms with Crippen LogP contribution in [0.25, 0.3) is 0 Å². The molecule has 1 nitrogen and oxygen atoms in total. The van der Waals surface area contributed by atoms with Gasteiger partial charge in [0.2, 0.25) is 0 Å². The Bertz CT molecular complexity index is 392. The van der Waals surface area contributed by atoms with E-state index in [4.69, 9.17) is 6.42 Å². The summed E-state index contributed by atoms with van der Waals surface area (Å²) in [4.78, 5) is 0. The summed E-state index contributed by atoms with van der Waals surface area (Å²) in [5, 5.41) is 3.29. The summed E-state index contributed by atoms with van der Waals surface area (Å²) < 4.78 is 13.0. The first-order chi connectivity index (χ1) is 7.31. The van der Waals surface area contributed by atoms with Crippen molar-refractivity contribution in [3.63, 3.8) is 0 Å². The number of benzene rings is 1. The summed E-state index contributed by atoms with van der Waals surface area (Å²) in [5.41, 5.74) is 2.33. The van der Waals surface area contributed by atoms with Crippen LogP contribution in [0.4, 0.5) is 4.39 Å². The lowest BCUT2D eigenvalue weighted by Gasteiger charge is -2.25. The molecule has 1 N–H and O–H groups in total. The minimum atomic E-state index is -0.147. The first kappa shape index (κ1) is 10.2. The van der Waals surface area contributed by atoms with Crippen molar-refractivity contribution in [2.24, 2.45) is 0 Å². The molecule has 0 fully saturated rings. The summed E-state index contributed by atoms with van der Waals surface area (Å²) in [7, 11) is 0. The Balaban J connectivity index is 2.23. The number of rotatable bonds is 2. The van der Waals surface area contributed by atoms with Crippen LogP contribution >= 0.6 is 0 Å². The maximum absolute atomic E-state index is 13.0. The molecular formula is C13H14FN. The number of halogens is 1. The molecule has 1 aliphatic rings. The number of nitrogens with one attached hydrogen (secondary N) is 1. The lowest BCUT2D eigenvalue weighted by atomic mass is 9.87. The smallest absolute Gasteiger partial charge is 0.123 e. The quantitative estimate of drug-likeness (QED) is 0.728. The van der Waals surface area contributed by atoms with E-state index >= 15 is 0 Å². The topological polar surface area (TPSA) is 12.0 Å². The lowest BCUT2D eigenvalue weighted by molar-refractivity contribution is 0.480. The average Bonchev–Trinajstić information content (AvgIpc) is 2.25. The lowest BCUT2D eigenvalue weighted by Crippen LogP contribution is -2.25. The molecule has 1 aromatic carbocycles.